The highest BCUT2D eigenvalue weighted by molar-refractivity contribution is 6.33. The smallest absolute Gasteiger partial charge is 0.257 e. The second-order valence-electron chi connectivity index (χ2n) is 5.39. The average Bonchev–Trinajstić information content (AvgIpc) is 2.56. The van der Waals surface area contributed by atoms with E-state index in [0.717, 1.165) is 6.07 Å². The van der Waals surface area contributed by atoms with Crippen LogP contribution in [0.1, 0.15) is 15.9 Å². The summed E-state index contributed by atoms with van der Waals surface area (Å²) in [4.78, 5) is 17.9. The van der Waals surface area contributed by atoms with Crippen molar-refractivity contribution in [2.24, 2.45) is 10.7 Å². The van der Waals surface area contributed by atoms with Gasteiger partial charge in [0.05, 0.1) is 22.0 Å². The molecular formula is C18H18ClN3O3. The lowest BCUT2D eigenvalue weighted by Gasteiger charge is -2.14. The predicted molar refractivity (Wildman–Crippen MR) is 98.8 cm³/mol. The number of carbonyl (C=O) groups is 1. The Morgan fingerprint density at radius 3 is 2.40 bits per heavy atom. The van der Waals surface area contributed by atoms with E-state index < -0.39 is 5.91 Å². The van der Waals surface area contributed by atoms with Gasteiger partial charge in [0.1, 0.15) is 11.5 Å². The fourth-order valence-electron chi connectivity index (χ4n) is 2.15. The monoisotopic (exact) mass is 359 g/mol. The van der Waals surface area contributed by atoms with Crippen molar-refractivity contribution in [2.45, 2.75) is 0 Å². The SMILES string of the molecule is CN(C)C(=O)c1cc(C(C=CN)=Nc2ccccc2Cl)c(O)cc1O. The summed E-state index contributed by atoms with van der Waals surface area (Å²) in [6, 6.07) is 9.39. The molecule has 2 aromatic carbocycles. The van der Waals surface area contributed by atoms with Gasteiger partial charge in [0.15, 0.2) is 0 Å². The molecular weight excluding hydrogens is 342 g/mol. The zero-order chi connectivity index (χ0) is 18.6. The van der Waals surface area contributed by atoms with Gasteiger partial charge in [-0.2, -0.15) is 0 Å². The Morgan fingerprint density at radius 1 is 1.16 bits per heavy atom. The van der Waals surface area contributed by atoms with Crippen LogP contribution in [0.3, 0.4) is 0 Å². The highest BCUT2D eigenvalue weighted by Crippen LogP contribution is 2.31. The maximum atomic E-state index is 12.2. The molecule has 0 spiro atoms. The van der Waals surface area contributed by atoms with Gasteiger partial charge in [-0.1, -0.05) is 23.7 Å². The molecule has 6 nitrogen and oxygen atoms in total. The van der Waals surface area contributed by atoms with E-state index in [9.17, 15) is 15.0 Å². The average molecular weight is 360 g/mol. The first kappa shape index (κ1) is 18.4. The highest BCUT2D eigenvalue weighted by Gasteiger charge is 2.18. The van der Waals surface area contributed by atoms with Crippen molar-refractivity contribution in [2.75, 3.05) is 14.1 Å². The first-order chi connectivity index (χ1) is 11.8. The molecule has 0 saturated heterocycles. The van der Waals surface area contributed by atoms with Gasteiger partial charge in [-0.15, -0.1) is 0 Å². The Morgan fingerprint density at radius 2 is 1.80 bits per heavy atom. The molecule has 0 aliphatic rings. The number of allylic oxidation sites excluding steroid dienone is 1. The van der Waals surface area contributed by atoms with Crippen molar-refractivity contribution in [3.8, 4) is 11.5 Å². The fourth-order valence-corrected chi connectivity index (χ4v) is 2.32. The molecule has 4 N–H and O–H groups in total. The summed E-state index contributed by atoms with van der Waals surface area (Å²) in [5.74, 6) is -0.974. The minimum atomic E-state index is -0.410. The van der Waals surface area contributed by atoms with Crippen molar-refractivity contribution in [1.82, 2.24) is 4.90 Å². The molecule has 0 bridgehead atoms. The quantitative estimate of drug-likeness (QED) is 0.730. The number of phenolic OH excluding ortho intramolecular Hbond substituents is 2. The second kappa shape index (κ2) is 7.72. The number of benzene rings is 2. The van der Waals surface area contributed by atoms with Crippen LogP contribution >= 0.6 is 11.6 Å². The summed E-state index contributed by atoms with van der Waals surface area (Å²) in [6.45, 7) is 0. The van der Waals surface area contributed by atoms with Crippen molar-refractivity contribution >= 4 is 28.9 Å². The molecule has 0 saturated carbocycles. The normalized spacial score (nSPS) is 11.7. The molecule has 1 amide bonds. The molecule has 0 radical (unpaired) electrons. The van der Waals surface area contributed by atoms with Gasteiger partial charge < -0.3 is 20.8 Å². The van der Waals surface area contributed by atoms with Crippen LogP contribution in [0, 0.1) is 0 Å². The summed E-state index contributed by atoms with van der Waals surface area (Å²) in [5.41, 5.74) is 6.53. The van der Waals surface area contributed by atoms with E-state index in [0.29, 0.717) is 16.4 Å². The lowest BCUT2D eigenvalue weighted by Crippen LogP contribution is -2.22. The number of halogens is 1. The Bertz CT molecular complexity index is 861. The Kier molecular flexibility index (Phi) is 5.67. The third-order valence-corrected chi connectivity index (χ3v) is 3.69. The number of hydrogen-bond acceptors (Lipinski definition) is 5. The largest absolute Gasteiger partial charge is 0.507 e. The minimum Gasteiger partial charge on any atom is -0.507 e. The molecule has 7 heteroatoms. The molecule has 0 aliphatic heterocycles. The number of carbonyl (C=O) groups excluding carboxylic acids is 1. The molecule has 0 aromatic heterocycles. The maximum absolute atomic E-state index is 12.2. The molecule has 2 rings (SSSR count). The Balaban J connectivity index is 2.65. The van der Waals surface area contributed by atoms with E-state index >= 15 is 0 Å². The van der Waals surface area contributed by atoms with E-state index in [1.807, 2.05) is 0 Å². The number of aliphatic imine (C=N–C) groups is 1. The van der Waals surface area contributed by atoms with E-state index in [-0.39, 0.29) is 22.6 Å². The van der Waals surface area contributed by atoms with Crippen LogP contribution in [0.5, 0.6) is 11.5 Å². The number of amides is 1. The summed E-state index contributed by atoms with van der Waals surface area (Å²) in [6.07, 6.45) is 2.73. The van der Waals surface area contributed by atoms with Gasteiger partial charge in [0.25, 0.3) is 5.91 Å². The van der Waals surface area contributed by atoms with Crippen LogP contribution in [-0.2, 0) is 0 Å². The Hall–Kier alpha value is -2.99. The topological polar surface area (TPSA) is 99.2 Å². The van der Waals surface area contributed by atoms with Gasteiger partial charge >= 0.3 is 0 Å². The van der Waals surface area contributed by atoms with E-state index in [4.69, 9.17) is 17.3 Å². The van der Waals surface area contributed by atoms with Gasteiger partial charge in [-0.25, -0.2) is 4.99 Å². The number of rotatable bonds is 4. The summed E-state index contributed by atoms with van der Waals surface area (Å²) in [7, 11) is 3.12. The number of phenols is 2. The third kappa shape index (κ3) is 4.10. The van der Waals surface area contributed by atoms with Crippen LogP contribution in [0.4, 0.5) is 5.69 Å². The molecule has 2 aromatic rings. The molecule has 0 aliphatic carbocycles. The number of para-hydroxylation sites is 1. The lowest BCUT2D eigenvalue weighted by molar-refractivity contribution is 0.0824. The van der Waals surface area contributed by atoms with Crippen LogP contribution in [-0.4, -0.2) is 40.8 Å². The van der Waals surface area contributed by atoms with Crippen LogP contribution in [0.25, 0.3) is 0 Å². The first-order valence-corrected chi connectivity index (χ1v) is 7.72. The van der Waals surface area contributed by atoms with Gasteiger partial charge in [-0.05, 0) is 30.5 Å². The first-order valence-electron chi connectivity index (χ1n) is 7.34. The van der Waals surface area contributed by atoms with Crippen molar-refractivity contribution in [3.05, 3.63) is 64.8 Å². The predicted octanol–water partition coefficient (Wildman–Crippen LogP) is 3.05. The second-order valence-corrected chi connectivity index (χ2v) is 5.80. The summed E-state index contributed by atoms with van der Waals surface area (Å²) < 4.78 is 0. The zero-order valence-corrected chi connectivity index (χ0v) is 14.5. The molecule has 0 fully saturated rings. The Labute approximate surface area is 150 Å². The van der Waals surface area contributed by atoms with E-state index in [1.54, 1.807) is 38.4 Å². The minimum absolute atomic E-state index is 0.0371. The third-order valence-electron chi connectivity index (χ3n) is 3.37. The van der Waals surface area contributed by atoms with Crippen LogP contribution < -0.4 is 5.73 Å². The number of aromatic hydroxyl groups is 2. The lowest BCUT2D eigenvalue weighted by atomic mass is 10.0. The van der Waals surface area contributed by atoms with Crippen LogP contribution in [0.2, 0.25) is 5.02 Å². The number of nitrogens with two attached hydrogens (primary N) is 1. The molecule has 0 atom stereocenters. The standard InChI is InChI=1S/C18H18ClN3O3/c1-22(2)18(25)12-9-11(16(23)10-17(12)24)14(7-8-20)21-15-6-4-3-5-13(15)19/h3-10,23-24H,20H2,1-2H3. The van der Waals surface area contributed by atoms with Gasteiger partial charge in [0, 0.05) is 25.7 Å². The van der Waals surface area contributed by atoms with Crippen molar-refractivity contribution in [1.29, 1.82) is 0 Å². The zero-order valence-electron chi connectivity index (χ0n) is 13.8. The molecule has 0 heterocycles. The number of hydrogen-bond donors (Lipinski definition) is 3. The summed E-state index contributed by atoms with van der Waals surface area (Å²) >= 11 is 6.12. The van der Waals surface area contributed by atoms with Gasteiger partial charge in [0.2, 0.25) is 0 Å². The van der Waals surface area contributed by atoms with E-state index in [2.05, 4.69) is 4.99 Å². The fraction of sp³-hybridized carbons (Fsp3) is 0.111. The van der Waals surface area contributed by atoms with Crippen molar-refractivity contribution < 1.29 is 15.0 Å². The van der Waals surface area contributed by atoms with Crippen LogP contribution in [0.15, 0.2) is 53.7 Å². The molecule has 130 valence electrons. The number of nitrogens with zero attached hydrogens (tertiary/aromatic N) is 2. The highest BCUT2D eigenvalue weighted by atomic mass is 35.5. The maximum Gasteiger partial charge on any atom is 0.257 e. The van der Waals surface area contributed by atoms with Crippen molar-refractivity contribution in [3.63, 3.8) is 0 Å². The van der Waals surface area contributed by atoms with Gasteiger partial charge in [-0.3, -0.25) is 4.79 Å². The molecule has 0 unspecified atom stereocenters. The summed E-state index contributed by atoms with van der Waals surface area (Å²) in [5, 5.41) is 20.6. The van der Waals surface area contributed by atoms with E-state index in [1.165, 1.54) is 23.2 Å². The molecule has 25 heavy (non-hydrogen) atoms.